The zero-order valence-electron chi connectivity index (χ0n) is 50.4. The van der Waals surface area contributed by atoms with Crippen LogP contribution in [-0.2, 0) is 42.2 Å². The Labute approximate surface area is 478 Å². The Morgan fingerprint density at radius 2 is 0.667 bits per heavy atom. The number of hydrogen-bond acceptors (Lipinski definition) is 10. The molecule has 12 heteroatoms. The van der Waals surface area contributed by atoms with E-state index >= 15 is 0 Å². The Kier molecular flexibility index (Phi) is 58.1. The Bertz CT molecular complexity index is 1540. The summed E-state index contributed by atoms with van der Waals surface area (Å²) in [5.41, 5.74) is 0. The summed E-state index contributed by atoms with van der Waals surface area (Å²) in [6.45, 7) is 4.56. The number of carbonyl (C=O) groups excluding carboxylic acids is 3. The second kappa shape index (κ2) is 60.3. The smallest absolute Gasteiger partial charge is 0.462 e. The lowest BCUT2D eigenvalue weighted by Crippen LogP contribution is -2.30. The van der Waals surface area contributed by atoms with Crippen LogP contribution in [0.5, 0.6) is 0 Å². The summed E-state index contributed by atoms with van der Waals surface area (Å²) in [6, 6.07) is 0. The number of allylic oxidation sites excluding steroid dienone is 10. The first-order valence-corrected chi connectivity index (χ1v) is 33.7. The molecule has 0 aliphatic carbocycles. The maximum absolute atomic E-state index is 13.0. The molecule has 0 amide bonds. The highest BCUT2D eigenvalue weighted by Gasteiger charge is 2.28. The van der Waals surface area contributed by atoms with Crippen molar-refractivity contribution in [1.82, 2.24) is 0 Å². The quantitative estimate of drug-likeness (QED) is 0.0197. The number of unbranched alkanes of at least 4 members (excludes halogenated alkanes) is 33. The van der Waals surface area contributed by atoms with Crippen molar-refractivity contribution >= 4 is 25.7 Å². The third-order valence-corrected chi connectivity index (χ3v) is 14.9. The normalized spacial score (nSPS) is 13.7. The van der Waals surface area contributed by atoms with Crippen LogP contribution in [-0.4, -0.2) is 66.5 Å². The minimum Gasteiger partial charge on any atom is -0.462 e. The molecule has 0 fully saturated rings. The van der Waals surface area contributed by atoms with Crippen molar-refractivity contribution in [3.05, 3.63) is 60.8 Å². The number of hydrogen-bond donors (Lipinski definition) is 2. The van der Waals surface area contributed by atoms with Gasteiger partial charge in [-0.15, -0.1) is 0 Å². The van der Waals surface area contributed by atoms with Gasteiger partial charge in [0, 0.05) is 19.3 Å². The first-order chi connectivity index (χ1) is 38.2. The van der Waals surface area contributed by atoms with Crippen molar-refractivity contribution < 1.29 is 52.2 Å². The molecule has 0 aromatic heterocycles. The molecule has 0 spiro atoms. The van der Waals surface area contributed by atoms with Crippen LogP contribution in [0.3, 0.4) is 0 Å². The van der Waals surface area contributed by atoms with Crippen molar-refractivity contribution in [2.75, 3.05) is 26.4 Å². The van der Waals surface area contributed by atoms with Gasteiger partial charge in [-0.2, -0.15) is 0 Å². The monoisotopic (exact) mass is 1120 g/mol. The number of rotatable bonds is 60. The molecule has 0 aromatic rings. The third-order valence-electron chi connectivity index (χ3n) is 14.0. The highest BCUT2D eigenvalue weighted by molar-refractivity contribution is 7.47. The largest absolute Gasteiger partial charge is 0.472 e. The zero-order chi connectivity index (χ0) is 56.9. The van der Waals surface area contributed by atoms with Gasteiger partial charge in [0.25, 0.3) is 0 Å². The Morgan fingerprint density at radius 1 is 0.372 bits per heavy atom. The van der Waals surface area contributed by atoms with E-state index in [9.17, 15) is 28.9 Å². The second-order valence-corrected chi connectivity index (χ2v) is 23.0. The molecule has 0 aliphatic heterocycles. The fraction of sp³-hybridized carbons (Fsp3) is 0.803. The highest BCUT2D eigenvalue weighted by Crippen LogP contribution is 2.43. The average Bonchev–Trinajstić information content (AvgIpc) is 3.43. The fourth-order valence-corrected chi connectivity index (χ4v) is 9.88. The van der Waals surface area contributed by atoms with Crippen molar-refractivity contribution in [1.29, 1.82) is 0 Å². The fourth-order valence-electron chi connectivity index (χ4n) is 9.09. The number of aliphatic hydroxyl groups is 1. The van der Waals surface area contributed by atoms with E-state index in [0.29, 0.717) is 19.3 Å². The SMILES string of the molecule is CC/C=C\C/C=C\C/C=C\C/C=C\C/C=C\CCCCCC(=O)OCC(COP(=O)(O)OCC(CO)OC(=O)CCCCCCCCCCCCCCCCC)OC(=O)CCCCCCCCCCCCCCCCCCC. The van der Waals surface area contributed by atoms with E-state index in [0.717, 1.165) is 89.9 Å². The summed E-state index contributed by atoms with van der Waals surface area (Å²) in [5, 5.41) is 9.85. The zero-order valence-corrected chi connectivity index (χ0v) is 51.3. The standard InChI is InChI=1S/C66H119O11P/c1-4-7-10-13-16-19-22-25-28-30-31-33-35-37-40-43-46-49-52-55-64(68)73-59-63(77-66(70)57-54-51-48-45-42-39-36-32-29-26-23-20-17-14-11-8-5-2)61-75-78(71,72)74-60-62(58-67)76-65(69)56-53-50-47-44-41-38-34-27-24-21-18-15-12-9-6-3/h7,10,16,19,25,28,31,33,37,40,62-63,67H,4-6,8-9,11-15,17-18,20-24,26-27,29-30,32,34-36,38-39,41-61H2,1-3H3,(H,71,72)/b10-7-,19-16-,28-25-,33-31-,40-37-. The third kappa shape index (κ3) is 57.9. The molecule has 0 rings (SSSR count). The summed E-state index contributed by atoms with van der Waals surface area (Å²) in [7, 11) is -4.76. The van der Waals surface area contributed by atoms with Crippen molar-refractivity contribution in [3.8, 4) is 0 Å². The van der Waals surface area contributed by atoms with Crippen LogP contribution in [0.2, 0.25) is 0 Å². The second-order valence-electron chi connectivity index (χ2n) is 21.6. The molecule has 2 N–H and O–H groups in total. The van der Waals surface area contributed by atoms with E-state index in [1.165, 1.54) is 154 Å². The van der Waals surface area contributed by atoms with E-state index in [4.69, 9.17) is 23.3 Å². The summed E-state index contributed by atoms with van der Waals surface area (Å²) in [5.74, 6) is -1.48. The van der Waals surface area contributed by atoms with Crippen LogP contribution in [0, 0.1) is 0 Å². The highest BCUT2D eigenvalue weighted by atomic mass is 31.2. The number of esters is 3. The summed E-state index contributed by atoms with van der Waals surface area (Å²) in [6.07, 6.45) is 67.4. The number of aliphatic hydroxyl groups excluding tert-OH is 1. The predicted octanol–water partition coefficient (Wildman–Crippen LogP) is 19.5. The lowest BCUT2D eigenvalue weighted by molar-refractivity contribution is -0.161. The van der Waals surface area contributed by atoms with Gasteiger partial charge >= 0.3 is 25.7 Å². The van der Waals surface area contributed by atoms with Gasteiger partial charge in [0.2, 0.25) is 0 Å². The molecule has 0 aromatic carbocycles. The van der Waals surface area contributed by atoms with E-state index in [-0.39, 0.29) is 25.9 Å². The molecule has 78 heavy (non-hydrogen) atoms. The summed E-state index contributed by atoms with van der Waals surface area (Å²) >= 11 is 0. The maximum atomic E-state index is 13.0. The van der Waals surface area contributed by atoms with E-state index < -0.39 is 57.8 Å². The number of carbonyl (C=O) groups is 3. The van der Waals surface area contributed by atoms with E-state index in [1.807, 2.05) is 0 Å². The molecule has 0 saturated heterocycles. The minimum atomic E-state index is -4.76. The van der Waals surface area contributed by atoms with Crippen LogP contribution in [0.4, 0.5) is 0 Å². The van der Waals surface area contributed by atoms with Gasteiger partial charge in [-0.25, -0.2) is 4.57 Å². The van der Waals surface area contributed by atoms with Gasteiger partial charge in [-0.3, -0.25) is 23.4 Å². The molecule has 0 aliphatic rings. The maximum Gasteiger partial charge on any atom is 0.472 e. The Hall–Kier alpha value is -2.82. The van der Waals surface area contributed by atoms with Gasteiger partial charge in [0.05, 0.1) is 19.8 Å². The van der Waals surface area contributed by atoms with Crippen molar-refractivity contribution in [3.63, 3.8) is 0 Å². The van der Waals surface area contributed by atoms with Gasteiger partial charge in [0.15, 0.2) is 6.10 Å². The number of ether oxygens (including phenoxy) is 3. The molecule has 0 radical (unpaired) electrons. The molecule has 0 saturated carbocycles. The lowest BCUT2D eigenvalue weighted by Gasteiger charge is -2.21. The molecular weight excluding hydrogens is 1000 g/mol. The van der Waals surface area contributed by atoms with Crippen molar-refractivity contribution in [2.24, 2.45) is 0 Å². The van der Waals surface area contributed by atoms with Crippen LogP contribution >= 0.6 is 7.82 Å². The molecule has 0 heterocycles. The van der Waals surface area contributed by atoms with Gasteiger partial charge in [0.1, 0.15) is 12.7 Å². The van der Waals surface area contributed by atoms with E-state index in [2.05, 4.69) is 81.5 Å². The summed E-state index contributed by atoms with van der Waals surface area (Å²) < 4.78 is 39.7. The average molecular weight is 1120 g/mol. The van der Waals surface area contributed by atoms with Gasteiger partial charge in [-0.05, 0) is 64.2 Å². The predicted molar refractivity (Wildman–Crippen MR) is 325 cm³/mol. The molecular formula is C66H119O11P. The summed E-state index contributed by atoms with van der Waals surface area (Å²) in [4.78, 5) is 48.7. The van der Waals surface area contributed by atoms with Crippen LogP contribution < -0.4 is 0 Å². The van der Waals surface area contributed by atoms with Crippen LogP contribution in [0.15, 0.2) is 60.8 Å². The Morgan fingerprint density at radius 3 is 1.03 bits per heavy atom. The molecule has 0 bridgehead atoms. The molecule has 3 atom stereocenters. The first-order valence-electron chi connectivity index (χ1n) is 32.2. The van der Waals surface area contributed by atoms with Crippen LogP contribution in [0.1, 0.15) is 303 Å². The minimum absolute atomic E-state index is 0.164. The molecule has 454 valence electrons. The number of phosphoric ester groups is 1. The van der Waals surface area contributed by atoms with Gasteiger partial charge < -0.3 is 24.2 Å². The first kappa shape index (κ1) is 75.2. The molecule has 11 nitrogen and oxygen atoms in total. The van der Waals surface area contributed by atoms with E-state index in [1.54, 1.807) is 0 Å². The molecule has 3 unspecified atom stereocenters. The van der Waals surface area contributed by atoms with Crippen molar-refractivity contribution in [2.45, 2.75) is 315 Å². The topological polar surface area (TPSA) is 155 Å². The Balaban J connectivity index is 4.73. The van der Waals surface area contributed by atoms with Gasteiger partial charge in [-0.1, -0.05) is 281 Å². The van der Waals surface area contributed by atoms with Crippen LogP contribution in [0.25, 0.3) is 0 Å². The lowest BCUT2D eigenvalue weighted by atomic mass is 10.0. The number of phosphoric acid groups is 1.